The molecule has 1 amide bonds. The Morgan fingerprint density at radius 2 is 1.88 bits per heavy atom. The van der Waals surface area contributed by atoms with E-state index in [0.29, 0.717) is 25.5 Å². The van der Waals surface area contributed by atoms with Crippen molar-refractivity contribution in [2.75, 3.05) is 4.90 Å². The van der Waals surface area contributed by atoms with Gasteiger partial charge < -0.3 is 0 Å². The lowest BCUT2D eigenvalue weighted by Crippen LogP contribution is -2.27. The van der Waals surface area contributed by atoms with Gasteiger partial charge in [-0.2, -0.15) is 0 Å². The maximum atomic E-state index is 12.8. The standard InChI is InChI=1S/C20H14ClNO2S2/c1-13(23)15-8-5-9-17(11-15)22-19(24)18(26-20(22)25)12-16(21)10-14-6-3-2-4-7-14/h2-12H,1H3/b16-10-,18-12-. The van der Waals surface area contributed by atoms with Gasteiger partial charge in [0.25, 0.3) is 5.91 Å². The molecule has 0 saturated carbocycles. The second-order valence-electron chi connectivity index (χ2n) is 5.56. The van der Waals surface area contributed by atoms with Crippen LogP contribution in [0.15, 0.2) is 70.6 Å². The van der Waals surface area contributed by atoms with Gasteiger partial charge in [0.2, 0.25) is 0 Å². The predicted octanol–water partition coefficient (Wildman–Crippen LogP) is 5.42. The number of benzene rings is 2. The first-order valence-corrected chi connectivity index (χ1v) is 9.37. The fourth-order valence-electron chi connectivity index (χ4n) is 2.43. The van der Waals surface area contributed by atoms with Crippen molar-refractivity contribution in [1.29, 1.82) is 0 Å². The molecule has 0 N–H and O–H groups in total. The third-order valence-corrected chi connectivity index (χ3v) is 5.20. The molecule has 6 heteroatoms. The molecule has 2 aromatic rings. The van der Waals surface area contributed by atoms with Gasteiger partial charge in [-0.25, -0.2) is 0 Å². The zero-order valence-electron chi connectivity index (χ0n) is 13.8. The highest BCUT2D eigenvalue weighted by Gasteiger charge is 2.33. The molecule has 26 heavy (non-hydrogen) atoms. The number of carbonyl (C=O) groups excluding carboxylic acids is 2. The van der Waals surface area contributed by atoms with Crippen LogP contribution in [0.3, 0.4) is 0 Å². The van der Waals surface area contributed by atoms with Crippen LogP contribution in [0.5, 0.6) is 0 Å². The highest BCUT2D eigenvalue weighted by Crippen LogP contribution is 2.36. The summed E-state index contributed by atoms with van der Waals surface area (Å²) in [6.45, 7) is 1.48. The predicted molar refractivity (Wildman–Crippen MR) is 112 cm³/mol. The molecule has 1 aliphatic heterocycles. The fraction of sp³-hybridized carbons (Fsp3) is 0.0500. The third kappa shape index (κ3) is 4.12. The van der Waals surface area contributed by atoms with Crippen LogP contribution in [0.2, 0.25) is 0 Å². The summed E-state index contributed by atoms with van der Waals surface area (Å²) in [6.07, 6.45) is 3.40. The molecule has 1 fully saturated rings. The lowest BCUT2D eigenvalue weighted by atomic mass is 10.1. The molecule has 130 valence electrons. The number of carbonyl (C=O) groups is 2. The SMILES string of the molecule is CC(=O)c1cccc(N2C(=O)/C(=C/C(Cl)=C/c3ccccc3)SC2=S)c1. The number of allylic oxidation sites excluding steroid dienone is 2. The van der Waals surface area contributed by atoms with Gasteiger partial charge in [-0.1, -0.05) is 78.0 Å². The normalized spacial score (nSPS) is 16.5. The summed E-state index contributed by atoms with van der Waals surface area (Å²) in [5.74, 6) is -0.318. The third-order valence-electron chi connectivity index (χ3n) is 3.68. The highest BCUT2D eigenvalue weighted by atomic mass is 35.5. The topological polar surface area (TPSA) is 37.4 Å². The fourth-order valence-corrected chi connectivity index (χ4v) is 4.02. The van der Waals surface area contributed by atoms with Crippen molar-refractivity contribution in [1.82, 2.24) is 0 Å². The van der Waals surface area contributed by atoms with Crippen LogP contribution in [0.25, 0.3) is 6.08 Å². The zero-order valence-corrected chi connectivity index (χ0v) is 16.2. The Morgan fingerprint density at radius 3 is 2.58 bits per heavy atom. The molecular formula is C20H14ClNO2S2. The van der Waals surface area contributed by atoms with E-state index in [1.54, 1.807) is 36.4 Å². The van der Waals surface area contributed by atoms with Crippen LogP contribution < -0.4 is 4.90 Å². The van der Waals surface area contributed by atoms with Crippen molar-refractivity contribution >= 4 is 63.4 Å². The number of thiocarbonyl (C=S) groups is 1. The summed E-state index contributed by atoms with van der Waals surface area (Å²) < 4.78 is 0.408. The van der Waals surface area contributed by atoms with Gasteiger partial charge >= 0.3 is 0 Å². The average molecular weight is 400 g/mol. The second kappa shape index (κ2) is 7.99. The minimum Gasteiger partial charge on any atom is -0.295 e. The molecule has 1 saturated heterocycles. The lowest BCUT2D eigenvalue weighted by Gasteiger charge is -2.15. The van der Waals surface area contributed by atoms with Crippen molar-refractivity contribution in [2.45, 2.75) is 6.92 Å². The van der Waals surface area contributed by atoms with Crippen molar-refractivity contribution in [2.24, 2.45) is 0 Å². The number of Topliss-reactive ketones (excluding diaryl/α,β-unsaturated/α-hetero) is 1. The molecule has 2 aromatic carbocycles. The minimum atomic E-state index is -0.250. The number of nitrogens with zero attached hydrogens (tertiary/aromatic N) is 1. The Hall–Kier alpha value is -2.21. The quantitative estimate of drug-likeness (QED) is 0.391. The molecule has 3 rings (SSSR count). The lowest BCUT2D eigenvalue weighted by molar-refractivity contribution is -0.113. The van der Waals surface area contributed by atoms with E-state index in [-0.39, 0.29) is 11.7 Å². The van der Waals surface area contributed by atoms with Crippen molar-refractivity contribution < 1.29 is 9.59 Å². The number of rotatable bonds is 4. The monoisotopic (exact) mass is 399 g/mol. The number of halogens is 1. The Bertz CT molecular complexity index is 951. The summed E-state index contributed by atoms with van der Waals surface area (Å²) in [6, 6.07) is 16.5. The van der Waals surface area contributed by atoms with Gasteiger partial charge in [0, 0.05) is 10.6 Å². The Labute approximate surface area is 166 Å². The Morgan fingerprint density at radius 1 is 1.15 bits per heavy atom. The molecular weight excluding hydrogens is 386 g/mol. The molecule has 0 bridgehead atoms. The van der Waals surface area contributed by atoms with E-state index < -0.39 is 0 Å². The first-order chi connectivity index (χ1) is 12.5. The molecule has 0 aliphatic carbocycles. The van der Waals surface area contributed by atoms with E-state index in [2.05, 4.69) is 0 Å². The van der Waals surface area contributed by atoms with Gasteiger partial charge in [0.15, 0.2) is 10.1 Å². The summed E-state index contributed by atoms with van der Waals surface area (Å²) >= 11 is 12.8. The number of anilines is 1. The van der Waals surface area contributed by atoms with E-state index in [0.717, 1.165) is 5.56 Å². The summed E-state index contributed by atoms with van der Waals surface area (Å²) in [5.41, 5.74) is 2.05. The van der Waals surface area contributed by atoms with Crippen LogP contribution >= 0.6 is 35.6 Å². The molecule has 0 aromatic heterocycles. The molecule has 0 atom stereocenters. The van der Waals surface area contributed by atoms with Crippen LogP contribution in [0, 0.1) is 0 Å². The first-order valence-electron chi connectivity index (χ1n) is 7.77. The van der Waals surface area contributed by atoms with Gasteiger partial charge in [-0.3, -0.25) is 14.5 Å². The molecule has 1 heterocycles. The first kappa shape index (κ1) is 18.6. The highest BCUT2D eigenvalue weighted by molar-refractivity contribution is 8.27. The number of amides is 1. The molecule has 0 spiro atoms. The second-order valence-corrected chi connectivity index (χ2v) is 7.68. The van der Waals surface area contributed by atoms with Crippen LogP contribution in [0.4, 0.5) is 5.69 Å². The smallest absolute Gasteiger partial charge is 0.270 e. The molecule has 0 unspecified atom stereocenters. The maximum absolute atomic E-state index is 12.8. The number of hydrogen-bond donors (Lipinski definition) is 0. The maximum Gasteiger partial charge on any atom is 0.270 e. The van der Waals surface area contributed by atoms with E-state index >= 15 is 0 Å². The molecule has 1 aliphatic rings. The summed E-state index contributed by atoms with van der Waals surface area (Å²) in [4.78, 5) is 26.2. The zero-order chi connectivity index (χ0) is 18.7. The minimum absolute atomic E-state index is 0.0679. The summed E-state index contributed by atoms with van der Waals surface area (Å²) in [5, 5.41) is 0.439. The average Bonchev–Trinajstić information content (AvgIpc) is 2.89. The van der Waals surface area contributed by atoms with E-state index in [9.17, 15) is 9.59 Å². The van der Waals surface area contributed by atoms with Crippen molar-refractivity contribution in [3.8, 4) is 0 Å². The van der Waals surface area contributed by atoms with Gasteiger partial charge in [0.05, 0.1) is 10.6 Å². The van der Waals surface area contributed by atoms with Gasteiger partial charge in [-0.05, 0) is 36.8 Å². The van der Waals surface area contributed by atoms with Crippen molar-refractivity contribution in [3.63, 3.8) is 0 Å². The molecule has 3 nitrogen and oxygen atoms in total. The van der Waals surface area contributed by atoms with Gasteiger partial charge in [-0.15, -0.1) is 0 Å². The number of hydrogen-bond acceptors (Lipinski definition) is 4. The Kier molecular flexibility index (Phi) is 5.71. The summed E-state index contributed by atoms with van der Waals surface area (Å²) in [7, 11) is 0. The van der Waals surface area contributed by atoms with Crippen molar-refractivity contribution in [3.05, 3.63) is 81.7 Å². The van der Waals surface area contributed by atoms with Gasteiger partial charge in [0.1, 0.15) is 0 Å². The van der Waals surface area contributed by atoms with E-state index in [1.165, 1.54) is 23.6 Å². The van der Waals surface area contributed by atoms with E-state index in [4.69, 9.17) is 23.8 Å². The van der Waals surface area contributed by atoms with Crippen LogP contribution in [-0.2, 0) is 4.79 Å². The van der Waals surface area contributed by atoms with Crippen LogP contribution in [-0.4, -0.2) is 16.0 Å². The number of thioether (sulfide) groups is 1. The van der Waals surface area contributed by atoms with E-state index in [1.807, 2.05) is 30.3 Å². The Balaban J connectivity index is 1.88. The van der Waals surface area contributed by atoms with Crippen LogP contribution in [0.1, 0.15) is 22.8 Å². The molecule has 0 radical (unpaired) electrons. The number of ketones is 1. The largest absolute Gasteiger partial charge is 0.295 e.